The van der Waals surface area contributed by atoms with E-state index in [1.807, 2.05) is 0 Å². The number of nitrogens with zero attached hydrogens (tertiary/aromatic N) is 2. The third kappa shape index (κ3) is 5.53. The average molecular weight is 379 g/mol. The highest BCUT2D eigenvalue weighted by molar-refractivity contribution is 6.54. The van der Waals surface area contributed by atoms with Crippen LogP contribution >= 0.6 is 0 Å². The summed E-state index contributed by atoms with van der Waals surface area (Å²) >= 11 is -0.139. The maximum Gasteiger partial charge on any atom is 0.251 e. The zero-order valence-electron chi connectivity index (χ0n) is 18.7. The molecule has 0 amide bonds. The van der Waals surface area contributed by atoms with Crippen molar-refractivity contribution in [3.8, 4) is 0 Å². The van der Waals surface area contributed by atoms with Crippen molar-refractivity contribution in [3.63, 3.8) is 0 Å². The summed E-state index contributed by atoms with van der Waals surface area (Å²) in [7, 11) is 0. The van der Waals surface area contributed by atoms with Crippen LogP contribution in [0.1, 0.15) is 33.4 Å². The van der Waals surface area contributed by atoms with Gasteiger partial charge in [0.25, 0.3) is 14.1 Å². The Bertz CT molecular complexity index is 683. The van der Waals surface area contributed by atoms with Crippen molar-refractivity contribution in [3.05, 3.63) is 64.3 Å². The van der Waals surface area contributed by atoms with E-state index in [4.69, 9.17) is 0 Å². The molecule has 3 heteroatoms. The van der Waals surface area contributed by atoms with Crippen LogP contribution in [-0.2, 0) is 0 Å². The minimum atomic E-state index is -0.139. The quantitative estimate of drug-likeness (QED) is 0.572. The summed E-state index contributed by atoms with van der Waals surface area (Å²) in [6, 6.07) is 9.04. The van der Waals surface area contributed by atoms with Crippen LogP contribution in [0.15, 0.2) is 24.3 Å². The van der Waals surface area contributed by atoms with Crippen LogP contribution in [0.4, 0.5) is 11.4 Å². The molecular weight excluding hydrogens is 343 g/mol. The maximum atomic E-state index is 3.59. The Morgan fingerprint density at radius 3 is 1.15 bits per heavy atom. The smallest absolute Gasteiger partial charge is 0.251 e. The highest BCUT2D eigenvalue weighted by atomic mass is 27.2. The molecule has 0 aromatic heterocycles. The van der Waals surface area contributed by atoms with Crippen molar-refractivity contribution in [1.29, 1.82) is 0 Å². The molecule has 0 saturated carbocycles. The second-order valence-electron chi connectivity index (χ2n) is 8.63. The van der Waals surface area contributed by atoms with Crippen molar-refractivity contribution in [2.24, 2.45) is 0 Å². The molecule has 0 spiro atoms. The standard InChI is InChI=1S/C21H26N2.3CH3.Al/c1-14-9-16(3)20(17(4)10-14)22-7-8-23(13-22)21-18(5)11-15(2)12-19(21)6;;;;/h9-12H,7-8H2,1-6H3;3*1H3;. The van der Waals surface area contributed by atoms with Gasteiger partial charge in [0, 0.05) is 24.5 Å². The molecule has 1 saturated heterocycles. The molecule has 0 unspecified atom stereocenters. The summed E-state index contributed by atoms with van der Waals surface area (Å²) in [5.74, 6) is 6.92. The van der Waals surface area contributed by atoms with Gasteiger partial charge in [-0.05, 0) is 63.8 Å². The molecule has 0 N–H and O–H groups in total. The lowest BCUT2D eigenvalue weighted by Gasteiger charge is -2.25. The Balaban J connectivity index is 0.000000596. The molecule has 1 fully saturated rings. The fraction of sp³-hybridized carbons (Fsp3) is 0.458. The van der Waals surface area contributed by atoms with Crippen LogP contribution in [0.3, 0.4) is 0 Å². The van der Waals surface area contributed by atoms with Crippen molar-refractivity contribution in [2.45, 2.75) is 58.9 Å². The lowest BCUT2D eigenvalue weighted by molar-refractivity contribution is 1.01. The van der Waals surface area contributed by atoms with Crippen LogP contribution in [0.2, 0.25) is 17.4 Å². The minimum absolute atomic E-state index is 0.139. The monoisotopic (exact) mass is 378 g/mol. The van der Waals surface area contributed by atoms with E-state index in [2.05, 4.69) is 99.6 Å². The second-order valence-corrected chi connectivity index (χ2v) is 12.1. The van der Waals surface area contributed by atoms with Gasteiger partial charge in [0.05, 0.1) is 0 Å². The van der Waals surface area contributed by atoms with Gasteiger partial charge in [-0.3, -0.25) is 0 Å². The van der Waals surface area contributed by atoms with E-state index in [0.29, 0.717) is 0 Å². The van der Waals surface area contributed by atoms with Crippen molar-refractivity contribution >= 4 is 25.5 Å². The highest BCUT2D eigenvalue weighted by Crippen LogP contribution is 2.34. The zero-order valence-corrected chi connectivity index (χ0v) is 19.9. The van der Waals surface area contributed by atoms with E-state index >= 15 is 0 Å². The van der Waals surface area contributed by atoms with Crippen molar-refractivity contribution < 1.29 is 0 Å². The van der Waals surface area contributed by atoms with Crippen LogP contribution in [-0.4, -0.2) is 27.2 Å². The number of hydrogen-bond acceptors (Lipinski definition) is 2. The zero-order chi connectivity index (χ0) is 20.3. The van der Waals surface area contributed by atoms with Crippen molar-refractivity contribution in [1.82, 2.24) is 0 Å². The molecule has 0 atom stereocenters. The molecule has 1 aliphatic heterocycles. The Morgan fingerprint density at radius 1 is 0.630 bits per heavy atom. The summed E-state index contributed by atoms with van der Waals surface area (Å²) in [6.45, 7) is 18.7. The van der Waals surface area contributed by atoms with Crippen LogP contribution in [0, 0.1) is 48.2 Å². The number of anilines is 2. The highest BCUT2D eigenvalue weighted by Gasteiger charge is 2.26. The second kappa shape index (κ2) is 9.18. The molecule has 2 aromatic carbocycles. The third-order valence-corrected chi connectivity index (χ3v) is 4.60. The normalized spacial score (nSPS) is 13.5. The molecule has 2 radical (unpaired) electrons. The fourth-order valence-electron chi connectivity index (χ4n) is 3.97. The summed E-state index contributed by atoms with van der Waals surface area (Å²) in [5.41, 5.74) is 10.6. The molecule has 144 valence electrons. The molecular formula is C24H35AlN2. The first-order valence-corrected chi connectivity index (χ1v) is 13.5. The molecule has 1 heterocycles. The van der Waals surface area contributed by atoms with Crippen LogP contribution in [0.5, 0.6) is 0 Å². The molecule has 27 heavy (non-hydrogen) atoms. The summed E-state index contributed by atoms with van der Waals surface area (Å²) in [4.78, 5) is 4.56. The van der Waals surface area contributed by atoms with Crippen LogP contribution < -0.4 is 9.80 Å². The predicted molar refractivity (Wildman–Crippen MR) is 123 cm³/mol. The first kappa shape index (κ1) is 21.9. The maximum absolute atomic E-state index is 3.59. The Kier molecular flexibility index (Phi) is 7.43. The van der Waals surface area contributed by atoms with Gasteiger partial charge in [0.1, 0.15) is 0 Å². The lowest BCUT2D eigenvalue weighted by atomic mass is 10.0. The fourth-order valence-corrected chi connectivity index (χ4v) is 3.97. The van der Waals surface area contributed by atoms with Gasteiger partial charge in [-0.1, -0.05) is 35.4 Å². The van der Waals surface area contributed by atoms with E-state index < -0.39 is 0 Å². The minimum Gasteiger partial charge on any atom is -0.339 e. The first-order valence-electron chi connectivity index (χ1n) is 10.1. The van der Waals surface area contributed by atoms with E-state index in [1.165, 1.54) is 44.8 Å². The summed E-state index contributed by atoms with van der Waals surface area (Å²) in [6.07, 6.45) is 0. The van der Waals surface area contributed by atoms with Gasteiger partial charge in [0.15, 0.2) is 0 Å². The van der Waals surface area contributed by atoms with Gasteiger partial charge >= 0.3 is 0 Å². The van der Waals surface area contributed by atoms with E-state index in [1.54, 1.807) is 0 Å². The predicted octanol–water partition coefficient (Wildman–Crippen LogP) is 6.23. The average Bonchev–Trinajstić information content (AvgIpc) is 2.93. The Morgan fingerprint density at radius 2 is 0.889 bits per heavy atom. The van der Waals surface area contributed by atoms with Gasteiger partial charge in [0.2, 0.25) is 6.67 Å². The lowest BCUT2D eigenvalue weighted by Crippen LogP contribution is -2.21. The number of rotatable bonds is 2. The SMILES string of the molecule is Cc1cc(C)c(N2[C]N(c3c(C)cc(C)cc3C)CC2)c(C)c1.[CH3][Al]([CH3])[CH3]. The third-order valence-electron chi connectivity index (χ3n) is 4.60. The van der Waals surface area contributed by atoms with E-state index in [-0.39, 0.29) is 14.1 Å². The number of hydrogen-bond donors (Lipinski definition) is 0. The van der Waals surface area contributed by atoms with Gasteiger partial charge in [-0.2, -0.15) is 0 Å². The number of benzene rings is 2. The summed E-state index contributed by atoms with van der Waals surface area (Å²) in [5, 5.41) is 0. The van der Waals surface area contributed by atoms with Crippen LogP contribution in [0.25, 0.3) is 0 Å². The largest absolute Gasteiger partial charge is 0.339 e. The molecule has 0 aliphatic carbocycles. The Hall–Kier alpha value is -1.43. The molecule has 1 aliphatic rings. The first-order chi connectivity index (χ1) is 12.6. The van der Waals surface area contributed by atoms with Crippen molar-refractivity contribution in [2.75, 3.05) is 22.9 Å². The Labute approximate surface area is 171 Å². The molecule has 0 bridgehead atoms. The number of aryl methyl sites for hydroxylation is 6. The van der Waals surface area contributed by atoms with Gasteiger partial charge in [-0.25, -0.2) is 0 Å². The molecule has 2 aromatic rings. The summed E-state index contributed by atoms with van der Waals surface area (Å²) < 4.78 is 0. The topological polar surface area (TPSA) is 6.48 Å². The van der Waals surface area contributed by atoms with E-state index in [9.17, 15) is 0 Å². The van der Waals surface area contributed by atoms with E-state index in [0.717, 1.165) is 13.1 Å². The van der Waals surface area contributed by atoms with Gasteiger partial charge < -0.3 is 9.80 Å². The molecule has 2 nitrogen and oxygen atoms in total. The molecule has 3 rings (SSSR count). The van der Waals surface area contributed by atoms with Gasteiger partial charge in [-0.15, -0.1) is 17.4 Å².